The summed E-state index contributed by atoms with van der Waals surface area (Å²) in [4.78, 5) is 33.3. The summed E-state index contributed by atoms with van der Waals surface area (Å²) < 4.78 is 26.4. The molecular weight excluding hydrogens is 590 g/mol. The van der Waals surface area contributed by atoms with Gasteiger partial charge in [0.25, 0.3) is 11.5 Å². The number of thioether (sulfide) groups is 1. The van der Waals surface area contributed by atoms with E-state index in [9.17, 15) is 19.2 Å². The number of thiocarbonyl (C=S) groups is 1. The lowest BCUT2D eigenvalue weighted by Crippen LogP contribution is -2.48. The highest BCUT2D eigenvalue weighted by molar-refractivity contribution is 8.26. The highest BCUT2D eigenvalue weighted by Crippen LogP contribution is 2.38. The molecule has 9 nitrogen and oxygen atoms in total. The van der Waals surface area contributed by atoms with Crippen LogP contribution in [0.3, 0.4) is 0 Å². The van der Waals surface area contributed by atoms with E-state index in [0.29, 0.717) is 70.4 Å². The fourth-order valence-electron chi connectivity index (χ4n) is 5.60. The van der Waals surface area contributed by atoms with Crippen LogP contribution in [0.5, 0.6) is 11.5 Å². The van der Waals surface area contributed by atoms with Gasteiger partial charge in [-0.15, -0.1) is 0 Å². The largest absolute Gasteiger partial charge is 0.454 e. The van der Waals surface area contributed by atoms with Crippen molar-refractivity contribution < 1.29 is 18.7 Å². The number of ether oxygens (including phenoxy) is 2. The lowest BCUT2D eigenvalue weighted by atomic mass is 10.0. The smallest absolute Gasteiger partial charge is 0.270 e. The first-order chi connectivity index (χ1) is 20.8. The lowest BCUT2D eigenvalue weighted by Gasteiger charge is -2.39. The highest BCUT2D eigenvalue weighted by atomic mass is 32.2. The maximum atomic E-state index is 13.7. The number of anilines is 2. The van der Waals surface area contributed by atoms with E-state index in [0.717, 1.165) is 11.3 Å². The second-order valence-corrected chi connectivity index (χ2v) is 12.0. The fraction of sp³-hybridized carbons (Fsp3) is 0.290. The molecular formula is C31H28FN5O4S2. The quantitative estimate of drug-likeness (QED) is 0.290. The van der Waals surface area contributed by atoms with Crippen molar-refractivity contribution in [2.45, 2.75) is 26.9 Å². The van der Waals surface area contributed by atoms with Crippen molar-refractivity contribution in [1.29, 1.82) is 5.26 Å². The number of hydrogen-bond acceptors (Lipinski definition) is 9. The molecule has 220 valence electrons. The number of carbonyl (C=O) groups excluding carboxylic acids is 1. The van der Waals surface area contributed by atoms with Crippen LogP contribution >= 0.6 is 24.0 Å². The minimum Gasteiger partial charge on any atom is -0.454 e. The van der Waals surface area contributed by atoms with Gasteiger partial charge >= 0.3 is 0 Å². The topological polar surface area (TPSA) is 91.0 Å². The van der Waals surface area contributed by atoms with Gasteiger partial charge in [-0.05, 0) is 67.4 Å². The van der Waals surface area contributed by atoms with Gasteiger partial charge in [0.1, 0.15) is 27.6 Å². The van der Waals surface area contributed by atoms with Crippen molar-refractivity contribution in [2.24, 2.45) is 0 Å². The lowest BCUT2D eigenvalue weighted by molar-refractivity contribution is -0.122. The number of amides is 1. The van der Waals surface area contributed by atoms with Crippen molar-refractivity contribution in [3.8, 4) is 17.6 Å². The fourth-order valence-corrected chi connectivity index (χ4v) is 6.83. The second kappa shape index (κ2) is 11.7. The number of piperazine rings is 1. The summed E-state index contributed by atoms with van der Waals surface area (Å²) in [6.07, 6.45) is 1.77. The van der Waals surface area contributed by atoms with Gasteiger partial charge in [-0.2, -0.15) is 5.26 Å². The van der Waals surface area contributed by atoms with E-state index in [4.69, 9.17) is 21.7 Å². The minimum atomic E-state index is -0.356. The van der Waals surface area contributed by atoms with E-state index in [1.807, 2.05) is 25.1 Å². The Labute approximate surface area is 257 Å². The van der Waals surface area contributed by atoms with E-state index in [-0.39, 0.29) is 36.2 Å². The molecule has 0 aliphatic carbocycles. The molecule has 4 heterocycles. The molecule has 3 aliphatic rings. The maximum absolute atomic E-state index is 13.7. The maximum Gasteiger partial charge on any atom is 0.270 e. The summed E-state index contributed by atoms with van der Waals surface area (Å²) in [5.41, 5.74) is 2.65. The number of carbonyl (C=O) groups is 1. The van der Waals surface area contributed by atoms with E-state index in [2.05, 4.69) is 15.9 Å². The van der Waals surface area contributed by atoms with Crippen LogP contribution in [0.25, 0.3) is 6.08 Å². The third kappa shape index (κ3) is 5.34. The molecule has 2 fully saturated rings. The molecule has 2 saturated heterocycles. The number of nitriles is 1. The van der Waals surface area contributed by atoms with Crippen molar-refractivity contribution in [3.05, 3.63) is 85.8 Å². The number of aromatic nitrogens is 1. The summed E-state index contributed by atoms with van der Waals surface area (Å²) in [5.74, 6) is 1.43. The minimum absolute atomic E-state index is 0.0534. The molecule has 0 atom stereocenters. The van der Waals surface area contributed by atoms with E-state index in [1.54, 1.807) is 34.6 Å². The Morgan fingerprint density at radius 1 is 1.05 bits per heavy atom. The molecule has 0 bridgehead atoms. The molecule has 1 aromatic heterocycles. The van der Waals surface area contributed by atoms with Crippen LogP contribution in [0.2, 0.25) is 0 Å². The molecule has 0 N–H and O–H groups in total. The van der Waals surface area contributed by atoms with E-state index in [1.165, 1.54) is 23.9 Å². The average Bonchev–Trinajstić information content (AvgIpc) is 3.58. The van der Waals surface area contributed by atoms with Gasteiger partial charge in [-0.3, -0.25) is 19.1 Å². The first-order valence-corrected chi connectivity index (χ1v) is 15.1. The molecule has 0 radical (unpaired) electrons. The molecule has 0 spiro atoms. The Bertz CT molecular complexity index is 1760. The van der Waals surface area contributed by atoms with E-state index < -0.39 is 0 Å². The normalized spacial score (nSPS) is 17.3. The van der Waals surface area contributed by atoms with Crippen molar-refractivity contribution in [1.82, 2.24) is 9.47 Å². The Balaban J connectivity index is 1.33. The molecule has 12 heteroatoms. The number of fused-ring (bicyclic) bond motifs is 1. The zero-order valence-electron chi connectivity index (χ0n) is 23.6. The van der Waals surface area contributed by atoms with Crippen LogP contribution in [-0.4, -0.2) is 52.7 Å². The van der Waals surface area contributed by atoms with Gasteiger partial charge in [0, 0.05) is 44.0 Å². The summed E-state index contributed by atoms with van der Waals surface area (Å²) in [7, 11) is 0. The zero-order chi connectivity index (χ0) is 30.2. The molecule has 0 unspecified atom stereocenters. The average molecular weight is 618 g/mol. The number of nitrogens with zero attached hydrogens (tertiary/aromatic N) is 5. The molecule has 3 aromatic rings. The van der Waals surface area contributed by atoms with Gasteiger partial charge in [-0.25, -0.2) is 4.39 Å². The Morgan fingerprint density at radius 2 is 1.74 bits per heavy atom. The Hall–Kier alpha value is -4.34. The predicted molar refractivity (Wildman–Crippen MR) is 168 cm³/mol. The molecule has 3 aliphatic heterocycles. The second-order valence-electron chi connectivity index (χ2n) is 10.3. The number of hydrogen-bond donors (Lipinski definition) is 0. The predicted octanol–water partition coefficient (Wildman–Crippen LogP) is 4.64. The van der Waals surface area contributed by atoms with Crippen LogP contribution in [0, 0.1) is 24.1 Å². The molecule has 2 aromatic carbocycles. The monoisotopic (exact) mass is 617 g/mol. The van der Waals surface area contributed by atoms with Gasteiger partial charge in [0.2, 0.25) is 6.79 Å². The third-order valence-electron chi connectivity index (χ3n) is 7.86. The summed E-state index contributed by atoms with van der Waals surface area (Å²) in [6.45, 7) is 6.89. The van der Waals surface area contributed by atoms with Crippen LogP contribution < -0.4 is 24.8 Å². The first-order valence-electron chi connectivity index (χ1n) is 13.9. The highest BCUT2D eigenvalue weighted by Gasteiger charge is 2.34. The van der Waals surface area contributed by atoms with Crippen LogP contribution in [-0.2, 0) is 17.9 Å². The Kier molecular flexibility index (Phi) is 7.85. The van der Waals surface area contributed by atoms with Gasteiger partial charge in [0.15, 0.2) is 11.5 Å². The zero-order valence-corrected chi connectivity index (χ0v) is 25.3. The SMILES string of the molecule is CCn1c(N2CCN(c3ccc(F)cc3)CC2)c(C=C2SC(=S)N(Cc3ccc4c(c3)OCO4)C2=O)c(C)c(C#N)c1=O. The molecule has 43 heavy (non-hydrogen) atoms. The van der Waals surface area contributed by atoms with Crippen molar-refractivity contribution >= 4 is 51.8 Å². The van der Waals surface area contributed by atoms with Crippen LogP contribution in [0.1, 0.15) is 29.2 Å². The molecule has 0 saturated carbocycles. The summed E-state index contributed by atoms with van der Waals surface area (Å²) in [5, 5.41) is 9.90. The molecule has 6 rings (SSSR count). The van der Waals surface area contributed by atoms with Crippen molar-refractivity contribution in [3.63, 3.8) is 0 Å². The van der Waals surface area contributed by atoms with Crippen LogP contribution in [0.4, 0.5) is 15.9 Å². The number of pyridine rings is 1. The van der Waals surface area contributed by atoms with Gasteiger partial charge < -0.3 is 19.3 Å². The third-order valence-corrected chi connectivity index (χ3v) is 9.24. The number of benzene rings is 2. The standard InChI is InChI=1S/C31H28FN5O4S2/c1-3-36-28(35-12-10-34(11-13-35)22-7-5-21(32)6-8-22)23(19(2)24(16-33)29(36)38)15-27-30(39)37(31(42)43-27)17-20-4-9-25-26(14-20)41-18-40-25/h4-9,14-15H,3,10-13,17-18H2,1-2H3. The number of halogens is 1. The number of rotatable bonds is 6. The van der Waals surface area contributed by atoms with Crippen molar-refractivity contribution in [2.75, 3.05) is 42.8 Å². The molecule has 1 amide bonds. The summed E-state index contributed by atoms with van der Waals surface area (Å²) in [6, 6.07) is 14.0. The Morgan fingerprint density at radius 3 is 2.44 bits per heavy atom. The van der Waals surface area contributed by atoms with Gasteiger partial charge in [-0.1, -0.05) is 30.0 Å². The van der Waals surface area contributed by atoms with E-state index >= 15 is 0 Å². The summed E-state index contributed by atoms with van der Waals surface area (Å²) >= 11 is 6.81. The van der Waals surface area contributed by atoms with Gasteiger partial charge in [0.05, 0.1) is 11.4 Å². The first kappa shape index (κ1) is 28.8. The van der Waals surface area contributed by atoms with Crippen LogP contribution in [0.15, 0.2) is 52.2 Å².